The summed E-state index contributed by atoms with van der Waals surface area (Å²) in [5.74, 6) is 0. The van der Waals surface area contributed by atoms with Crippen molar-refractivity contribution in [3.05, 3.63) is 65.7 Å². The predicted octanol–water partition coefficient (Wildman–Crippen LogP) is 4.61. The minimum Gasteiger partial charge on any atom is -0.0985 e. The van der Waals surface area contributed by atoms with Crippen LogP contribution >= 0.6 is 0 Å². The molecular weight excluding hydrogens is 192 g/mol. The third-order valence-corrected chi connectivity index (χ3v) is 2.87. The summed E-state index contributed by atoms with van der Waals surface area (Å²) < 4.78 is 0. The van der Waals surface area contributed by atoms with Gasteiger partial charge in [-0.15, -0.1) is 0 Å². The lowest BCUT2D eigenvalue weighted by molar-refractivity contribution is 1.43. The number of aryl methyl sites for hydroxylation is 2. The normalized spacial score (nSPS) is 10.1. The molecule has 2 rings (SSSR count). The molecule has 0 bridgehead atoms. The Morgan fingerprint density at radius 2 is 1.50 bits per heavy atom. The molecule has 0 saturated carbocycles. The van der Waals surface area contributed by atoms with Gasteiger partial charge in [0.15, 0.2) is 0 Å². The Morgan fingerprint density at radius 1 is 0.875 bits per heavy atom. The van der Waals surface area contributed by atoms with Gasteiger partial charge in [-0.1, -0.05) is 60.7 Å². The van der Waals surface area contributed by atoms with Crippen LogP contribution in [0.1, 0.15) is 16.7 Å². The SMILES string of the molecule is C=Cc1ccc(-c2ccc(C)cc2)cc1C. The first kappa shape index (κ1) is 10.7. The van der Waals surface area contributed by atoms with Crippen LogP contribution in [0.3, 0.4) is 0 Å². The molecule has 0 unspecified atom stereocenters. The van der Waals surface area contributed by atoms with E-state index in [1.165, 1.54) is 27.8 Å². The van der Waals surface area contributed by atoms with Crippen molar-refractivity contribution >= 4 is 6.08 Å². The van der Waals surface area contributed by atoms with E-state index in [9.17, 15) is 0 Å². The van der Waals surface area contributed by atoms with Gasteiger partial charge in [0.1, 0.15) is 0 Å². The van der Waals surface area contributed by atoms with Gasteiger partial charge in [-0.25, -0.2) is 0 Å². The van der Waals surface area contributed by atoms with E-state index in [4.69, 9.17) is 0 Å². The highest BCUT2D eigenvalue weighted by Crippen LogP contribution is 2.23. The molecule has 0 radical (unpaired) electrons. The molecule has 0 nitrogen and oxygen atoms in total. The Labute approximate surface area is 97.3 Å². The Balaban J connectivity index is 2.45. The Hall–Kier alpha value is -1.82. The summed E-state index contributed by atoms with van der Waals surface area (Å²) in [6, 6.07) is 15.1. The molecule has 0 aliphatic heterocycles. The van der Waals surface area contributed by atoms with Gasteiger partial charge in [0.2, 0.25) is 0 Å². The van der Waals surface area contributed by atoms with Crippen LogP contribution in [0.5, 0.6) is 0 Å². The summed E-state index contributed by atoms with van der Waals surface area (Å²) in [7, 11) is 0. The second kappa shape index (κ2) is 4.36. The van der Waals surface area contributed by atoms with E-state index >= 15 is 0 Å². The summed E-state index contributed by atoms with van der Waals surface area (Å²) in [5, 5.41) is 0. The Bertz CT molecular complexity index is 504. The molecule has 0 spiro atoms. The molecule has 2 aromatic rings. The van der Waals surface area contributed by atoms with Crippen molar-refractivity contribution in [2.45, 2.75) is 13.8 Å². The van der Waals surface area contributed by atoms with Gasteiger partial charge in [-0.2, -0.15) is 0 Å². The summed E-state index contributed by atoms with van der Waals surface area (Å²) in [6.07, 6.45) is 1.90. The Kier molecular flexibility index (Phi) is 2.91. The van der Waals surface area contributed by atoms with Gasteiger partial charge in [-0.05, 0) is 36.1 Å². The van der Waals surface area contributed by atoms with Crippen LogP contribution in [-0.2, 0) is 0 Å². The van der Waals surface area contributed by atoms with E-state index in [1.807, 2.05) is 6.08 Å². The lowest BCUT2D eigenvalue weighted by atomic mass is 9.99. The highest BCUT2D eigenvalue weighted by molar-refractivity contribution is 5.67. The first-order valence-electron chi connectivity index (χ1n) is 5.51. The van der Waals surface area contributed by atoms with Crippen molar-refractivity contribution in [3.8, 4) is 11.1 Å². The van der Waals surface area contributed by atoms with E-state index in [1.54, 1.807) is 0 Å². The average Bonchev–Trinajstić information content (AvgIpc) is 2.30. The van der Waals surface area contributed by atoms with Gasteiger partial charge in [0, 0.05) is 0 Å². The van der Waals surface area contributed by atoms with E-state index in [-0.39, 0.29) is 0 Å². The van der Waals surface area contributed by atoms with Gasteiger partial charge >= 0.3 is 0 Å². The maximum atomic E-state index is 3.81. The maximum absolute atomic E-state index is 3.81. The lowest BCUT2D eigenvalue weighted by Gasteiger charge is -2.06. The molecule has 0 aliphatic carbocycles. The van der Waals surface area contributed by atoms with Gasteiger partial charge in [0.25, 0.3) is 0 Å². The van der Waals surface area contributed by atoms with E-state index < -0.39 is 0 Å². The first-order chi connectivity index (χ1) is 7.70. The van der Waals surface area contributed by atoms with Crippen molar-refractivity contribution < 1.29 is 0 Å². The minimum atomic E-state index is 1.20. The molecule has 0 aliphatic rings. The molecule has 0 atom stereocenters. The molecule has 0 heteroatoms. The number of hydrogen-bond acceptors (Lipinski definition) is 0. The smallest absolute Gasteiger partial charge is 0.0181 e. The largest absolute Gasteiger partial charge is 0.0985 e. The topological polar surface area (TPSA) is 0 Å². The zero-order chi connectivity index (χ0) is 11.5. The van der Waals surface area contributed by atoms with Crippen molar-refractivity contribution in [1.82, 2.24) is 0 Å². The minimum absolute atomic E-state index is 1.20. The molecule has 2 aromatic carbocycles. The molecule has 0 amide bonds. The zero-order valence-corrected chi connectivity index (χ0v) is 9.83. The molecular formula is C16H16. The predicted molar refractivity (Wildman–Crippen MR) is 71.4 cm³/mol. The fourth-order valence-electron chi connectivity index (χ4n) is 1.83. The summed E-state index contributed by atoms with van der Waals surface area (Å²) in [4.78, 5) is 0. The quantitative estimate of drug-likeness (QED) is 0.676. The molecule has 16 heavy (non-hydrogen) atoms. The van der Waals surface area contributed by atoms with Crippen LogP contribution in [-0.4, -0.2) is 0 Å². The standard InChI is InChI=1S/C16H16/c1-4-14-9-10-16(11-13(14)3)15-7-5-12(2)6-8-15/h4-11H,1H2,2-3H3. The van der Waals surface area contributed by atoms with Crippen LogP contribution in [0.2, 0.25) is 0 Å². The summed E-state index contributed by atoms with van der Waals surface area (Å²) >= 11 is 0. The zero-order valence-electron chi connectivity index (χ0n) is 9.83. The fourth-order valence-corrected chi connectivity index (χ4v) is 1.83. The molecule has 0 fully saturated rings. The molecule has 80 valence electrons. The van der Waals surface area contributed by atoms with E-state index in [2.05, 4.69) is 62.9 Å². The number of benzene rings is 2. The monoisotopic (exact) mass is 208 g/mol. The summed E-state index contributed by atoms with van der Waals surface area (Å²) in [6.45, 7) is 8.03. The summed E-state index contributed by atoms with van der Waals surface area (Å²) in [5.41, 5.74) is 6.31. The molecule has 0 saturated heterocycles. The first-order valence-corrected chi connectivity index (χ1v) is 5.51. The van der Waals surface area contributed by atoms with E-state index in [0.29, 0.717) is 0 Å². The number of rotatable bonds is 2. The van der Waals surface area contributed by atoms with Gasteiger partial charge < -0.3 is 0 Å². The van der Waals surface area contributed by atoms with Gasteiger partial charge in [0.05, 0.1) is 0 Å². The molecule has 0 heterocycles. The van der Waals surface area contributed by atoms with Crippen LogP contribution in [0.4, 0.5) is 0 Å². The Morgan fingerprint density at radius 3 is 2.06 bits per heavy atom. The van der Waals surface area contributed by atoms with Crippen molar-refractivity contribution in [3.63, 3.8) is 0 Å². The van der Waals surface area contributed by atoms with Crippen molar-refractivity contribution in [1.29, 1.82) is 0 Å². The third-order valence-electron chi connectivity index (χ3n) is 2.87. The third kappa shape index (κ3) is 2.06. The van der Waals surface area contributed by atoms with Crippen molar-refractivity contribution in [2.75, 3.05) is 0 Å². The van der Waals surface area contributed by atoms with E-state index in [0.717, 1.165) is 0 Å². The van der Waals surface area contributed by atoms with Crippen LogP contribution in [0.15, 0.2) is 49.0 Å². The van der Waals surface area contributed by atoms with Crippen LogP contribution in [0.25, 0.3) is 17.2 Å². The number of hydrogen-bond donors (Lipinski definition) is 0. The lowest BCUT2D eigenvalue weighted by Crippen LogP contribution is -1.83. The average molecular weight is 208 g/mol. The molecule has 0 aromatic heterocycles. The van der Waals surface area contributed by atoms with Gasteiger partial charge in [-0.3, -0.25) is 0 Å². The second-order valence-corrected chi connectivity index (χ2v) is 4.14. The van der Waals surface area contributed by atoms with Crippen molar-refractivity contribution in [2.24, 2.45) is 0 Å². The van der Waals surface area contributed by atoms with Crippen LogP contribution in [0, 0.1) is 13.8 Å². The maximum Gasteiger partial charge on any atom is -0.0181 e. The van der Waals surface area contributed by atoms with Crippen LogP contribution < -0.4 is 0 Å². The second-order valence-electron chi connectivity index (χ2n) is 4.14. The highest BCUT2D eigenvalue weighted by Gasteiger charge is 1.99. The molecule has 0 N–H and O–H groups in total. The highest BCUT2D eigenvalue weighted by atomic mass is 14.0. The fraction of sp³-hybridized carbons (Fsp3) is 0.125.